The Labute approximate surface area is 66.7 Å². The van der Waals surface area contributed by atoms with E-state index in [1.807, 2.05) is 0 Å². The lowest BCUT2D eigenvalue weighted by molar-refractivity contribution is -0.380. The fraction of sp³-hybridized carbons (Fsp3) is 1.00. The molecule has 0 radical (unpaired) electrons. The van der Waals surface area contributed by atoms with Gasteiger partial charge in [-0.15, -0.1) is 0 Å². The molecule has 11 heavy (non-hydrogen) atoms. The normalized spacial score (nSPS) is 13.6. The first-order valence-corrected chi connectivity index (χ1v) is 3.46. The minimum Gasteiger partial charge on any atom is -0.364 e. The highest BCUT2D eigenvalue weighted by molar-refractivity contribution is 4.55. The first kappa shape index (κ1) is 10.8. The van der Waals surface area contributed by atoms with Crippen LogP contribution in [0.25, 0.3) is 0 Å². The van der Waals surface area contributed by atoms with E-state index in [0.29, 0.717) is 0 Å². The molecule has 68 valence electrons. The van der Waals surface area contributed by atoms with Crippen LogP contribution in [0.4, 0.5) is 0 Å². The summed E-state index contributed by atoms with van der Waals surface area (Å²) in [6.45, 7) is 6.38. The summed E-state index contributed by atoms with van der Waals surface area (Å²) in [7, 11) is 0. The largest absolute Gasteiger partial charge is 0.364 e. The second kappa shape index (κ2) is 3.49. The molecule has 0 aliphatic heterocycles. The number of aliphatic hydroxyl groups is 2. The molecule has 0 aliphatic carbocycles. The Bertz CT molecular complexity index is 94.6. The van der Waals surface area contributed by atoms with Gasteiger partial charge in [0.1, 0.15) is 6.61 Å². The van der Waals surface area contributed by atoms with Crippen LogP contribution < -0.4 is 0 Å². The standard InChI is InChI=1S/C7H16O4/c1-6(2,3)11-10-5-7(4,8)9/h8-9H,5H2,1-4H3. The van der Waals surface area contributed by atoms with Crippen molar-refractivity contribution < 1.29 is 20.0 Å². The van der Waals surface area contributed by atoms with Gasteiger partial charge in [0.05, 0.1) is 5.60 Å². The Hall–Kier alpha value is -0.160. The molecule has 0 rings (SSSR count). The van der Waals surface area contributed by atoms with Crippen molar-refractivity contribution in [2.24, 2.45) is 0 Å². The predicted molar refractivity (Wildman–Crippen MR) is 39.6 cm³/mol. The first-order valence-electron chi connectivity index (χ1n) is 3.46. The fourth-order valence-electron chi connectivity index (χ4n) is 0.318. The van der Waals surface area contributed by atoms with E-state index in [1.54, 1.807) is 20.8 Å². The molecule has 0 bridgehead atoms. The highest BCUT2D eigenvalue weighted by Gasteiger charge is 2.18. The molecule has 0 spiro atoms. The van der Waals surface area contributed by atoms with Crippen molar-refractivity contribution in [3.8, 4) is 0 Å². The van der Waals surface area contributed by atoms with Gasteiger partial charge in [0.25, 0.3) is 0 Å². The van der Waals surface area contributed by atoms with Gasteiger partial charge in [-0.1, -0.05) is 0 Å². The van der Waals surface area contributed by atoms with Crippen molar-refractivity contribution >= 4 is 0 Å². The Balaban J connectivity index is 3.44. The lowest BCUT2D eigenvalue weighted by Gasteiger charge is -2.21. The molecule has 0 unspecified atom stereocenters. The molecule has 4 heteroatoms. The molecule has 0 fully saturated rings. The van der Waals surface area contributed by atoms with Gasteiger partial charge in [-0.05, 0) is 27.7 Å². The highest BCUT2D eigenvalue weighted by Crippen LogP contribution is 2.08. The van der Waals surface area contributed by atoms with Crippen molar-refractivity contribution in [3.05, 3.63) is 0 Å². The van der Waals surface area contributed by atoms with Crippen LogP contribution in [0, 0.1) is 0 Å². The van der Waals surface area contributed by atoms with E-state index in [1.165, 1.54) is 6.92 Å². The molecule has 0 aliphatic rings. The van der Waals surface area contributed by atoms with Crippen LogP contribution in [0.15, 0.2) is 0 Å². The van der Waals surface area contributed by atoms with Gasteiger partial charge in [0.2, 0.25) is 0 Å². The number of hydrogen-bond donors (Lipinski definition) is 2. The second-order valence-corrected chi connectivity index (χ2v) is 3.67. The first-order chi connectivity index (χ1) is 4.71. The maximum Gasteiger partial charge on any atom is 0.187 e. The molecule has 0 amide bonds. The highest BCUT2D eigenvalue weighted by atomic mass is 17.2. The van der Waals surface area contributed by atoms with Gasteiger partial charge in [0.15, 0.2) is 5.79 Å². The molecular weight excluding hydrogens is 148 g/mol. The zero-order chi connectivity index (χ0) is 9.12. The van der Waals surface area contributed by atoms with Crippen LogP contribution in [-0.2, 0) is 9.78 Å². The summed E-state index contributed by atoms with van der Waals surface area (Å²) in [6.07, 6.45) is 0. The topological polar surface area (TPSA) is 58.9 Å². The van der Waals surface area contributed by atoms with Gasteiger partial charge in [-0.2, -0.15) is 0 Å². The lowest BCUT2D eigenvalue weighted by atomic mass is 10.2. The van der Waals surface area contributed by atoms with Crippen molar-refractivity contribution in [1.82, 2.24) is 0 Å². The molecule has 0 atom stereocenters. The summed E-state index contributed by atoms with van der Waals surface area (Å²) in [5.41, 5.74) is -0.425. The van der Waals surface area contributed by atoms with Crippen LogP contribution in [0.3, 0.4) is 0 Å². The third kappa shape index (κ3) is 9.84. The van der Waals surface area contributed by atoms with Gasteiger partial charge in [0, 0.05) is 0 Å². The third-order valence-electron chi connectivity index (χ3n) is 0.641. The third-order valence-corrected chi connectivity index (χ3v) is 0.641. The second-order valence-electron chi connectivity index (χ2n) is 3.67. The van der Waals surface area contributed by atoms with Gasteiger partial charge in [-0.3, -0.25) is 0 Å². The average Bonchev–Trinajstić information content (AvgIpc) is 1.55. The SMILES string of the molecule is CC(O)(O)COOC(C)(C)C. The van der Waals surface area contributed by atoms with Crippen molar-refractivity contribution in [3.63, 3.8) is 0 Å². The zero-order valence-corrected chi connectivity index (χ0v) is 7.42. The maximum absolute atomic E-state index is 8.77. The fourth-order valence-corrected chi connectivity index (χ4v) is 0.318. The monoisotopic (exact) mass is 164 g/mol. The van der Waals surface area contributed by atoms with Crippen LogP contribution in [0.5, 0.6) is 0 Å². The molecular formula is C7H16O4. The minimum atomic E-state index is -1.83. The van der Waals surface area contributed by atoms with Crippen molar-refractivity contribution in [2.45, 2.75) is 39.1 Å². The molecule has 0 aromatic heterocycles. The molecule has 0 aromatic rings. The molecule has 2 N–H and O–H groups in total. The Morgan fingerprint density at radius 2 is 1.55 bits per heavy atom. The predicted octanol–water partition coefficient (Wildman–Crippen LogP) is 0.434. The van der Waals surface area contributed by atoms with E-state index in [0.717, 1.165) is 0 Å². The number of rotatable bonds is 3. The van der Waals surface area contributed by atoms with E-state index in [4.69, 9.17) is 15.1 Å². The van der Waals surface area contributed by atoms with Crippen LogP contribution in [-0.4, -0.2) is 28.2 Å². The molecule has 0 saturated heterocycles. The molecule has 4 nitrogen and oxygen atoms in total. The van der Waals surface area contributed by atoms with E-state index >= 15 is 0 Å². The minimum absolute atomic E-state index is 0.260. The average molecular weight is 164 g/mol. The van der Waals surface area contributed by atoms with Crippen LogP contribution in [0.1, 0.15) is 27.7 Å². The van der Waals surface area contributed by atoms with Crippen LogP contribution >= 0.6 is 0 Å². The molecule has 0 saturated carbocycles. The van der Waals surface area contributed by atoms with E-state index in [-0.39, 0.29) is 6.61 Å². The summed E-state index contributed by atoms with van der Waals surface area (Å²) in [5.74, 6) is -1.83. The quantitative estimate of drug-likeness (QED) is 0.361. The summed E-state index contributed by atoms with van der Waals surface area (Å²) in [5, 5.41) is 17.5. The van der Waals surface area contributed by atoms with Gasteiger partial charge < -0.3 is 10.2 Å². The summed E-state index contributed by atoms with van der Waals surface area (Å²) < 4.78 is 0. The smallest absolute Gasteiger partial charge is 0.187 e. The molecule has 0 heterocycles. The summed E-state index contributed by atoms with van der Waals surface area (Å²) >= 11 is 0. The summed E-state index contributed by atoms with van der Waals surface area (Å²) in [4.78, 5) is 9.35. The number of hydrogen-bond acceptors (Lipinski definition) is 4. The van der Waals surface area contributed by atoms with Crippen LogP contribution in [0.2, 0.25) is 0 Å². The zero-order valence-electron chi connectivity index (χ0n) is 7.42. The Morgan fingerprint density at radius 1 is 1.09 bits per heavy atom. The Kier molecular flexibility index (Phi) is 3.44. The lowest BCUT2D eigenvalue weighted by Crippen LogP contribution is -2.32. The maximum atomic E-state index is 8.77. The van der Waals surface area contributed by atoms with Gasteiger partial charge in [-0.25, -0.2) is 9.78 Å². The van der Waals surface area contributed by atoms with Crippen molar-refractivity contribution in [1.29, 1.82) is 0 Å². The molecule has 0 aromatic carbocycles. The van der Waals surface area contributed by atoms with E-state index in [2.05, 4.69) is 4.89 Å². The Morgan fingerprint density at radius 3 is 1.82 bits per heavy atom. The van der Waals surface area contributed by atoms with Gasteiger partial charge >= 0.3 is 0 Å². The van der Waals surface area contributed by atoms with E-state index < -0.39 is 11.4 Å². The van der Waals surface area contributed by atoms with Crippen molar-refractivity contribution in [2.75, 3.05) is 6.61 Å². The van der Waals surface area contributed by atoms with E-state index in [9.17, 15) is 0 Å². The summed E-state index contributed by atoms with van der Waals surface area (Å²) in [6, 6.07) is 0.